The fourth-order valence-electron chi connectivity index (χ4n) is 7.07. The Morgan fingerprint density at radius 1 is 0.694 bits per heavy atom. The Kier molecular flexibility index (Phi) is 6.71. The second-order valence-electron chi connectivity index (χ2n) is 10.8. The van der Waals surface area contributed by atoms with Crippen molar-refractivity contribution in [1.29, 1.82) is 0 Å². The van der Waals surface area contributed by atoms with Crippen molar-refractivity contribution in [2.75, 3.05) is 7.11 Å². The number of rotatable bonds is 5. The van der Waals surface area contributed by atoms with Gasteiger partial charge in [0.2, 0.25) is 5.90 Å². The first-order valence-corrected chi connectivity index (χ1v) is 16.0. The van der Waals surface area contributed by atoms with Crippen LogP contribution >= 0.6 is 0 Å². The minimum absolute atomic E-state index is 0.640. The van der Waals surface area contributed by atoms with Crippen LogP contribution in [0.5, 0.6) is 5.75 Å². The summed E-state index contributed by atoms with van der Waals surface area (Å²) in [6.07, 6.45) is 13.2. The Bertz CT molecular complexity index is 1190. The molecule has 2 aliphatic carbocycles. The van der Waals surface area contributed by atoms with Gasteiger partial charge in [0.05, 0.1) is 12.8 Å². The second kappa shape index (κ2) is 10.3. The van der Waals surface area contributed by atoms with Crippen LogP contribution in [0.3, 0.4) is 0 Å². The Hall–Kier alpha value is -2.85. The van der Waals surface area contributed by atoms with Crippen LogP contribution in [-0.2, 0) is 4.43 Å². The third-order valence-corrected chi connectivity index (χ3v) is 14.2. The van der Waals surface area contributed by atoms with Gasteiger partial charge in [-0.05, 0) is 78.2 Å². The van der Waals surface area contributed by atoms with Crippen LogP contribution < -0.4 is 9.92 Å². The lowest BCUT2D eigenvalue weighted by Crippen LogP contribution is -2.62. The minimum Gasteiger partial charge on any atom is -0.525 e. The highest BCUT2D eigenvalue weighted by atomic mass is 28.4. The Morgan fingerprint density at radius 3 is 1.94 bits per heavy atom. The fourth-order valence-corrected chi connectivity index (χ4v) is 13.2. The molecule has 0 radical (unpaired) electrons. The van der Waals surface area contributed by atoms with E-state index in [1.54, 1.807) is 7.11 Å². The smallest absolute Gasteiger partial charge is 0.293 e. The Morgan fingerprint density at radius 2 is 1.33 bits per heavy atom. The van der Waals surface area contributed by atoms with Crippen LogP contribution in [-0.4, -0.2) is 21.3 Å². The van der Waals surface area contributed by atoms with Crippen molar-refractivity contribution in [3.8, 4) is 16.9 Å². The first kappa shape index (κ1) is 23.5. The lowest BCUT2D eigenvalue weighted by atomic mass is 9.99. The molecule has 2 fully saturated rings. The van der Waals surface area contributed by atoms with Crippen molar-refractivity contribution in [2.24, 2.45) is 4.99 Å². The molecule has 3 aromatic carbocycles. The molecule has 3 aliphatic rings. The summed E-state index contributed by atoms with van der Waals surface area (Å²) in [7, 11) is -0.741. The van der Waals surface area contributed by atoms with Gasteiger partial charge in [-0.3, -0.25) is 0 Å². The van der Waals surface area contributed by atoms with Gasteiger partial charge in [0.1, 0.15) is 5.75 Å². The molecule has 0 spiro atoms. The average Bonchev–Trinajstić information content (AvgIpc) is 2.97. The molecular weight excluding hydrogens is 458 g/mol. The molecule has 0 saturated heterocycles. The molecule has 1 heterocycles. The number of hydrogen-bond acceptors (Lipinski definition) is 3. The highest BCUT2D eigenvalue weighted by molar-refractivity contribution is 6.92. The Labute approximate surface area is 216 Å². The maximum absolute atomic E-state index is 7.55. The maximum Gasteiger partial charge on any atom is 0.293 e. The summed E-state index contributed by atoms with van der Waals surface area (Å²) in [5.74, 6) is 1.70. The van der Waals surface area contributed by atoms with E-state index in [1.165, 1.54) is 80.5 Å². The van der Waals surface area contributed by atoms with Gasteiger partial charge in [0.25, 0.3) is 8.32 Å². The zero-order valence-corrected chi connectivity index (χ0v) is 22.4. The zero-order valence-electron chi connectivity index (χ0n) is 21.4. The third-order valence-electron chi connectivity index (χ3n) is 8.77. The molecule has 3 aromatic rings. The normalized spacial score (nSPS) is 20.2. The standard InChI is InChI=1S/C32H37NO2Si/c1-34-26-22-20-25(21-23-26)32-33-30-19-11-18-29(24-12-5-2-6-13-24)31(30)36(35-32,27-14-7-3-8-15-27)28-16-9-4-10-17-28/h2,5-6,11-13,18-23,27-28H,3-4,7-10,14-17H2,1H3. The van der Waals surface area contributed by atoms with E-state index < -0.39 is 8.32 Å². The van der Waals surface area contributed by atoms with E-state index in [2.05, 4.69) is 60.7 Å². The molecular formula is C32H37NO2Si. The lowest BCUT2D eigenvalue weighted by Gasteiger charge is -2.49. The highest BCUT2D eigenvalue weighted by Crippen LogP contribution is 2.52. The van der Waals surface area contributed by atoms with E-state index in [9.17, 15) is 0 Å². The van der Waals surface area contributed by atoms with Crippen LogP contribution in [0.2, 0.25) is 11.1 Å². The zero-order chi connectivity index (χ0) is 24.4. The first-order chi connectivity index (χ1) is 17.8. The van der Waals surface area contributed by atoms with Crippen LogP contribution in [0.4, 0.5) is 5.69 Å². The van der Waals surface area contributed by atoms with E-state index >= 15 is 0 Å². The van der Waals surface area contributed by atoms with Crippen molar-refractivity contribution in [3.63, 3.8) is 0 Å². The van der Waals surface area contributed by atoms with Gasteiger partial charge < -0.3 is 9.16 Å². The predicted octanol–water partition coefficient (Wildman–Crippen LogP) is 8.29. The molecule has 0 bridgehead atoms. The summed E-state index contributed by atoms with van der Waals surface area (Å²) in [6.45, 7) is 0. The molecule has 36 heavy (non-hydrogen) atoms. The second-order valence-corrected chi connectivity index (χ2v) is 14.7. The van der Waals surface area contributed by atoms with Crippen LogP contribution in [0.25, 0.3) is 11.1 Å². The van der Waals surface area contributed by atoms with Gasteiger partial charge in [-0.2, -0.15) is 0 Å². The van der Waals surface area contributed by atoms with E-state index in [1.807, 2.05) is 12.1 Å². The number of hydrogen-bond donors (Lipinski definition) is 0. The fraction of sp³-hybridized carbons (Fsp3) is 0.406. The maximum atomic E-state index is 7.55. The van der Waals surface area contributed by atoms with Crippen molar-refractivity contribution < 1.29 is 9.16 Å². The van der Waals surface area contributed by atoms with E-state index in [0.29, 0.717) is 11.1 Å². The number of nitrogens with zero attached hydrogens (tertiary/aromatic N) is 1. The molecule has 4 heteroatoms. The summed E-state index contributed by atoms with van der Waals surface area (Å²) >= 11 is 0. The van der Waals surface area contributed by atoms with Crippen LogP contribution in [0.15, 0.2) is 77.8 Å². The van der Waals surface area contributed by atoms with Gasteiger partial charge >= 0.3 is 0 Å². The molecule has 0 unspecified atom stereocenters. The molecule has 186 valence electrons. The number of fused-ring (bicyclic) bond motifs is 1. The number of benzene rings is 3. The highest BCUT2D eigenvalue weighted by Gasteiger charge is 2.57. The molecule has 6 rings (SSSR count). The number of methoxy groups -OCH3 is 1. The van der Waals surface area contributed by atoms with Crippen LogP contribution in [0.1, 0.15) is 69.8 Å². The molecule has 3 nitrogen and oxygen atoms in total. The summed E-state index contributed by atoms with van der Waals surface area (Å²) in [5.41, 5.74) is 6.15. The molecule has 0 amide bonds. The minimum atomic E-state index is -2.46. The lowest BCUT2D eigenvalue weighted by molar-refractivity contribution is 0.388. The molecule has 1 aliphatic heterocycles. The number of aliphatic imine (C=N–C) groups is 1. The van der Waals surface area contributed by atoms with Gasteiger partial charge in [0.15, 0.2) is 0 Å². The van der Waals surface area contributed by atoms with E-state index in [-0.39, 0.29) is 0 Å². The quantitative estimate of drug-likeness (QED) is 0.333. The summed E-state index contributed by atoms with van der Waals surface area (Å²) in [5, 5.41) is 1.48. The van der Waals surface area contributed by atoms with Gasteiger partial charge in [-0.25, -0.2) is 4.99 Å². The van der Waals surface area contributed by atoms with Crippen molar-refractivity contribution in [2.45, 2.75) is 75.3 Å². The molecule has 0 aromatic heterocycles. The summed E-state index contributed by atoms with van der Waals surface area (Å²) in [6, 6.07) is 26.0. The van der Waals surface area contributed by atoms with Crippen LogP contribution in [0, 0.1) is 0 Å². The van der Waals surface area contributed by atoms with Crippen molar-refractivity contribution in [1.82, 2.24) is 0 Å². The molecule has 0 atom stereocenters. The Balaban J connectivity index is 1.59. The van der Waals surface area contributed by atoms with Crippen molar-refractivity contribution >= 4 is 25.1 Å². The average molecular weight is 496 g/mol. The SMILES string of the molecule is COc1ccc(C2=Nc3cccc(-c4ccccc4)c3[Si](C3CCCCC3)(C3CCCCC3)O2)cc1. The third kappa shape index (κ3) is 4.19. The predicted molar refractivity (Wildman–Crippen MR) is 151 cm³/mol. The summed E-state index contributed by atoms with van der Waals surface area (Å²) in [4.78, 5) is 5.23. The first-order valence-electron chi connectivity index (χ1n) is 13.9. The van der Waals surface area contributed by atoms with E-state index in [4.69, 9.17) is 14.2 Å². The summed E-state index contributed by atoms with van der Waals surface area (Å²) < 4.78 is 13.0. The van der Waals surface area contributed by atoms with Crippen molar-refractivity contribution in [3.05, 3.63) is 78.4 Å². The number of ether oxygens (including phenoxy) is 1. The topological polar surface area (TPSA) is 30.8 Å². The molecule has 0 N–H and O–H groups in total. The van der Waals surface area contributed by atoms with Gasteiger partial charge in [-0.1, -0.05) is 81.0 Å². The van der Waals surface area contributed by atoms with E-state index in [0.717, 1.165) is 22.9 Å². The monoisotopic (exact) mass is 495 g/mol. The largest absolute Gasteiger partial charge is 0.525 e. The van der Waals surface area contributed by atoms with Gasteiger partial charge in [-0.15, -0.1) is 0 Å². The molecule has 2 saturated carbocycles. The van der Waals surface area contributed by atoms with Gasteiger partial charge in [0, 0.05) is 10.8 Å².